The summed E-state index contributed by atoms with van der Waals surface area (Å²) in [5, 5.41) is 0. The third-order valence-electron chi connectivity index (χ3n) is 6.48. The van der Waals surface area contributed by atoms with E-state index < -0.39 is 0 Å². The molecule has 1 aliphatic carbocycles. The third-order valence-corrected chi connectivity index (χ3v) is 6.48. The van der Waals surface area contributed by atoms with Gasteiger partial charge >= 0.3 is 0 Å². The molecule has 0 saturated carbocycles. The molecule has 0 unspecified atom stereocenters. The van der Waals surface area contributed by atoms with Crippen molar-refractivity contribution < 1.29 is 0 Å². The molecule has 1 aliphatic heterocycles. The van der Waals surface area contributed by atoms with Gasteiger partial charge in [-0.3, -0.25) is 9.88 Å². The van der Waals surface area contributed by atoms with Gasteiger partial charge in [0, 0.05) is 32.4 Å². The van der Waals surface area contributed by atoms with Crippen LogP contribution in [0.4, 0.5) is 5.69 Å². The number of hydrogen-bond acceptors (Lipinski definition) is 5. The second kappa shape index (κ2) is 7.76. The number of nitrogens with zero attached hydrogens (tertiary/aromatic N) is 5. The lowest BCUT2D eigenvalue weighted by Gasteiger charge is -2.34. The smallest absolute Gasteiger partial charge is 0.121 e. The van der Waals surface area contributed by atoms with Gasteiger partial charge in [-0.1, -0.05) is 12.1 Å². The highest BCUT2D eigenvalue weighted by atomic mass is 15.3. The number of hydrogen-bond donors (Lipinski definition) is 1. The number of benzene rings is 1. The molecule has 1 fully saturated rings. The number of piperazine rings is 1. The molecular weight excluding hydrogens is 360 g/mol. The van der Waals surface area contributed by atoms with Crippen molar-refractivity contribution in [2.45, 2.75) is 31.8 Å². The van der Waals surface area contributed by atoms with Gasteiger partial charge in [0.2, 0.25) is 0 Å². The number of pyridine rings is 1. The lowest BCUT2D eigenvalue weighted by atomic mass is 9.91. The lowest BCUT2D eigenvalue weighted by molar-refractivity contribution is 0.204. The van der Waals surface area contributed by atoms with Crippen LogP contribution in [0.5, 0.6) is 0 Å². The van der Waals surface area contributed by atoms with E-state index in [9.17, 15) is 0 Å². The van der Waals surface area contributed by atoms with Crippen molar-refractivity contribution in [2.24, 2.45) is 0 Å². The van der Waals surface area contributed by atoms with Crippen LogP contribution in [-0.2, 0) is 13.0 Å². The van der Waals surface area contributed by atoms with Crippen molar-refractivity contribution >= 4 is 16.7 Å². The van der Waals surface area contributed by atoms with E-state index in [4.69, 9.17) is 9.97 Å². The topological polar surface area (TPSA) is 51.3 Å². The van der Waals surface area contributed by atoms with Crippen LogP contribution in [0.25, 0.3) is 11.0 Å². The minimum atomic E-state index is 0.366. The zero-order chi connectivity index (χ0) is 19.8. The zero-order valence-electron chi connectivity index (χ0n) is 17.4. The average Bonchev–Trinajstić information content (AvgIpc) is 3.16. The Bertz CT molecular complexity index is 988. The molecule has 0 spiro atoms. The highest BCUT2D eigenvalue weighted by Gasteiger charge is 2.26. The summed E-state index contributed by atoms with van der Waals surface area (Å²) in [7, 11) is 4.39. The molecule has 3 aromatic rings. The molecule has 6 nitrogen and oxygen atoms in total. The van der Waals surface area contributed by atoms with Crippen LogP contribution >= 0.6 is 0 Å². The van der Waals surface area contributed by atoms with E-state index in [1.807, 2.05) is 6.20 Å². The van der Waals surface area contributed by atoms with E-state index in [1.165, 1.54) is 23.4 Å². The first-order valence-electron chi connectivity index (χ1n) is 10.7. The fourth-order valence-electron chi connectivity index (χ4n) is 4.81. The number of nitrogens with one attached hydrogen (secondary N) is 1. The van der Waals surface area contributed by atoms with Crippen LogP contribution in [0.2, 0.25) is 0 Å². The summed E-state index contributed by atoms with van der Waals surface area (Å²) in [4.78, 5) is 20.6. The van der Waals surface area contributed by atoms with Gasteiger partial charge in [-0.15, -0.1) is 0 Å². The number of likely N-dealkylation sites (N-methyl/N-ethyl adjacent to an activating group) is 1. The predicted molar refractivity (Wildman–Crippen MR) is 117 cm³/mol. The van der Waals surface area contributed by atoms with Gasteiger partial charge < -0.3 is 14.8 Å². The average molecular weight is 391 g/mol. The number of H-pyrrole nitrogens is 1. The van der Waals surface area contributed by atoms with Crippen LogP contribution in [0.3, 0.4) is 0 Å². The molecule has 152 valence electrons. The molecule has 1 aromatic carbocycles. The molecule has 29 heavy (non-hydrogen) atoms. The molecule has 1 N–H and O–H groups in total. The Balaban J connectivity index is 1.38. The van der Waals surface area contributed by atoms with Crippen molar-refractivity contribution in [3.8, 4) is 0 Å². The fraction of sp³-hybridized carbons (Fsp3) is 0.478. The Morgan fingerprint density at radius 2 is 2.00 bits per heavy atom. The van der Waals surface area contributed by atoms with Crippen LogP contribution in [0.1, 0.15) is 36.0 Å². The quantitative estimate of drug-likeness (QED) is 0.741. The van der Waals surface area contributed by atoms with E-state index >= 15 is 0 Å². The maximum atomic E-state index is 5.02. The van der Waals surface area contributed by atoms with Gasteiger partial charge in [0.1, 0.15) is 11.3 Å². The summed E-state index contributed by atoms with van der Waals surface area (Å²) in [6, 6.07) is 11.1. The molecule has 0 radical (unpaired) electrons. The van der Waals surface area contributed by atoms with Crippen molar-refractivity contribution in [3.05, 3.63) is 53.6 Å². The number of para-hydroxylation sites is 1. The minimum Gasteiger partial charge on any atom is -0.367 e. The summed E-state index contributed by atoms with van der Waals surface area (Å²) in [6.07, 6.45) is 5.45. The molecule has 1 saturated heterocycles. The Kier molecular flexibility index (Phi) is 4.97. The number of rotatable bonds is 4. The number of aromatic amines is 1. The number of anilines is 1. The number of aryl methyl sites for hydroxylation is 1. The van der Waals surface area contributed by atoms with Crippen molar-refractivity contribution in [2.75, 3.05) is 45.2 Å². The van der Waals surface area contributed by atoms with Crippen LogP contribution in [-0.4, -0.2) is 65.0 Å². The first-order valence-corrected chi connectivity index (χ1v) is 10.7. The maximum absolute atomic E-state index is 5.02. The first kappa shape index (κ1) is 18.6. The number of fused-ring (bicyclic) bond motifs is 2. The molecular formula is C23H30N6. The maximum Gasteiger partial charge on any atom is 0.121 e. The van der Waals surface area contributed by atoms with Gasteiger partial charge in [0.15, 0.2) is 0 Å². The molecule has 0 amide bonds. The SMILES string of the molecule is CN1CCN(c2cccc3[nH]c(CN(C)[C@H]4CCCc5cccnc54)nc23)CC1. The van der Waals surface area contributed by atoms with Gasteiger partial charge in [-0.05, 0) is 57.1 Å². The Labute approximate surface area is 172 Å². The van der Waals surface area contributed by atoms with E-state index in [2.05, 4.69) is 64.1 Å². The van der Waals surface area contributed by atoms with Crippen molar-refractivity contribution in [1.29, 1.82) is 0 Å². The normalized spacial score (nSPS) is 20.4. The Hall–Kier alpha value is -2.44. The Morgan fingerprint density at radius 3 is 2.86 bits per heavy atom. The van der Waals surface area contributed by atoms with Crippen LogP contribution in [0, 0.1) is 0 Å². The summed E-state index contributed by atoms with van der Waals surface area (Å²) in [5.74, 6) is 1.03. The standard InChI is InChI=1S/C23H30N6/c1-27-12-14-29(15-13-27)20-10-4-8-18-23(20)26-21(25-18)16-28(2)19-9-3-6-17-7-5-11-24-22(17)19/h4-5,7-8,10-11,19H,3,6,9,12-16H2,1-2H3,(H,25,26)/t19-/m0/s1. The molecule has 0 bridgehead atoms. The predicted octanol–water partition coefficient (Wildman–Crippen LogP) is 3.22. The summed E-state index contributed by atoms with van der Waals surface area (Å²) in [5.41, 5.74) is 6.13. The Morgan fingerprint density at radius 1 is 1.14 bits per heavy atom. The van der Waals surface area contributed by atoms with E-state index in [1.54, 1.807) is 0 Å². The summed E-state index contributed by atoms with van der Waals surface area (Å²) >= 11 is 0. The third kappa shape index (κ3) is 3.63. The van der Waals surface area contributed by atoms with Gasteiger partial charge in [-0.25, -0.2) is 4.98 Å². The van der Waals surface area contributed by atoms with E-state index in [0.29, 0.717) is 6.04 Å². The molecule has 2 aromatic heterocycles. The minimum absolute atomic E-state index is 0.366. The van der Waals surface area contributed by atoms with Gasteiger partial charge in [0.05, 0.1) is 29.5 Å². The molecule has 3 heterocycles. The van der Waals surface area contributed by atoms with Crippen LogP contribution < -0.4 is 4.90 Å². The van der Waals surface area contributed by atoms with E-state index in [0.717, 1.165) is 62.4 Å². The van der Waals surface area contributed by atoms with Crippen molar-refractivity contribution in [3.63, 3.8) is 0 Å². The number of aromatic nitrogens is 3. The monoisotopic (exact) mass is 390 g/mol. The summed E-state index contributed by atoms with van der Waals surface area (Å²) in [6.45, 7) is 5.12. The second-order valence-electron chi connectivity index (χ2n) is 8.52. The lowest BCUT2D eigenvalue weighted by Crippen LogP contribution is -2.44. The highest BCUT2D eigenvalue weighted by Crippen LogP contribution is 2.33. The molecule has 2 aliphatic rings. The van der Waals surface area contributed by atoms with Crippen LogP contribution in [0.15, 0.2) is 36.5 Å². The highest BCUT2D eigenvalue weighted by molar-refractivity contribution is 5.89. The molecule has 6 heteroatoms. The largest absolute Gasteiger partial charge is 0.367 e. The second-order valence-corrected chi connectivity index (χ2v) is 8.52. The summed E-state index contributed by atoms with van der Waals surface area (Å²) < 4.78 is 0. The van der Waals surface area contributed by atoms with E-state index in [-0.39, 0.29) is 0 Å². The fourth-order valence-corrected chi connectivity index (χ4v) is 4.81. The number of imidazole rings is 1. The first-order chi connectivity index (χ1) is 14.2. The molecule has 1 atom stereocenters. The molecule has 5 rings (SSSR count). The van der Waals surface area contributed by atoms with Crippen molar-refractivity contribution in [1.82, 2.24) is 24.8 Å². The van der Waals surface area contributed by atoms with Gasteiger partial charge in [0.25, 0.3) is 0 Å². The van der Waals surface area contributed by atoms with Gasteiger partial charge in [-0.2, -0.15) is 0 Å². The zero-order valence-corrected chi connectivity index (χ0v) is 17.4.